The number of nitrogens with zero attached hydrogens (tertiary/aromatic N) is 4. The van der Waals surface area contributed by atoms with Gasteiger partial charge in [-0.3, -0.25) is 13.6 Å². The number of hydrogen-bond donors (Lipinski definition) is 1. The van der Waals surface area contributed by atoms with Gasteiger partial charge in [0.1, 0.15) is 12.2 Å². The summed E-state index contributed by atoms with van der Waals surface area (Å²) in [6, 6.07) is 7.10. The Kier molecular flexibility index (Phi) is 7.81. The molecular weight excluding hydrogens is 605 g/mol. The van der Waals surface area contributed by atoms with Crippen molar-refractivity contribution in [3.05, 3.63) is 41.2 Å². The molecule has 1 unspecified atom stereocenters. The molecular formula is C27H33ClN5O9P. The van der Waals surface area contributed by atoms with E-state index in [1.807, 2.05) is 26.8 Å². The number of nitrogen functional groups attached to an aromatic ring is 1. The lowest BCUT2D eigenvalue weighted by Crippen LogP contribution is -2.45. The maximum Gasteiger partial charge on any atom is 0.509 e. The van der Waals surface area contributed by atoms with E-state index in [0.29, 0.717) is 29.2 Å². The van der Waals surface area contributed by atoms with E-state index in [4.69, 9.17) is 49.9 Å². The molecule has 3 aliphatic rings. The largest absolute Gasteiger partial charge is 0.509 e. The van der Waals surface area contributed by atoms with Crippen LogP contribution in [0.5, 0.6) is 5.88 Å². The normalized spacial score (nSPS) is 30.7. The number of anilines is 1. The minimum absolute atomic E-state index is 0.0183. The lowest BCUT2D eigenvalue weighted by molar-refractivity contribution is -0.0664. The van der Waals surface area contributed by atoms with Gasteiger partial charge in [-0.05, 0) is 30.0 Å². The van der Waals surface area contributed by atoms with Gasteiger partial charge in [-0.15, -0.1) is 0 Å². The second kappa shape index (κ2) is 11.2. The van der Waals surface area contributed by atoms with Gasteiger partial charge >= 0.3 is 14.0 Å². The van der Waals surface area contributed by atoms with Crippen LogP contribution in [0.2, 0.25) is 5.02 Å². The predicted octanol–water partition coefficient (Wildman–Crippen LogP) is 4.85. The molecule has 0 amide bonds. The van der Waals surface area contributed by atoms with Crippen molar-refractivity contribution in [1.29, 1.82) is 0 Å². The van der Waals surface area contributed by atoms with Gasteiger partial charge in [0.25, 0.3) is 0 Å². The van der Waals surface area contributed by atoms with E-state index in [1.54, 1.807) is 36.0 Å². The van der Waals surface area contributed by atoms with Gasteiger partial charge in [-0.1, -0.05) is 44.5 Å². The average Bonchev–Trinajstić information content (AvgIpc) is 3.55. The summed E-state index contributed by atoms with van der Waals surface area (Å²) in [5.74, 6) is 0.285. The molecule has 232 valence electrons. The van der Waals surface area contributed by atoms with Crippen molar-refractivity contribution < 1.29 is 41.9 Å². The fourth-order valence-electron chi connectivity index (χ4n) is 5.25. The number of nitrogens with two attached hydrogens (primary N) is 1. The van der Waals surface area contributed by atoms with Crippen molar-refractivity contribution in [3.63, 3.8) is 0 Å². The number of imidazole rings is 1. The summed E-state index contributed by atoms with van der Waals surface area (Å²) in [6.07, 6.45) is -1.77. The number of carbonyl (C=O) groups is 1. The molecule has 16 heteroatoms. The van der Waals surface area contributed by atoms with Crippen LogP contribution in [0.1, 0.15) is 45.8 Å². The number of rotatable bonds is 8. The van der Waals surface area contributed by atoms with Gasteiger partial charge < -0.3 is 29.2 Å². The van der Waals surface area contributed by atoms with E-state index in [1.165, 1.54) is 0 Å². The van der Waals surface area contributed by atoms with Crippen molar-refractivity contribution in [1.82, 2.24) is 19.5 Å². The number of benzene rings is 1. The SMILES string of the molecule is CC(C)(C)COc1nc(N)nc2c1ncn2C[C@@H]1O[C@H](COP2(=O)OCC[C@@H](c3cccc(Cl)c3)O2)[C@H]2OC(=O)O[C@@]12C. The Balaban J connectivity index is 1.18. The molecule has 3 aromatic rings. The van der Waals surface area contributed by atoms with Crippen LogP contribution in [0.3, 0.4) is 0 Å². The summed E-state index contributed by atoms with van der Waals surface area (Å²) in [7, 11) is -3.98. The molecule has 14 nitrogen and oxygen atoms in total. The van der Waals surface area contributed by atoms with Gasteiger partial charge in [-0.25, -0.2) is 14.3 Å². The third kappa shape index (κ3) is 6.17. The molecule has 0 spiro atoms. The highest BCUT2D eigenvalue weighted by atomic mass is 35.5. The Hall–Kier alpha value is -3.00. The smallest absolute Gasteiger partial charge is 0.475 e. The van der Waals surface area contributed by atoms with Crippen molar-refractivity contribution in [3.8, 4) is 5.88 Å². The number of fused-ring (bicyclic) bond motifs is 2. The standard InChI is InChI=1S/C27H33ClN5O9P/c1-26(2,3)13-36-23-20-22(31-24(29)32-23)33(14-30-20)11-19-27(4)21(40-25(34)41-27)18(39-19)12-38-43(35)37-9-8-17(42-43)15-6-5-7-16(28)10-15/h5-7,10,14,17-19,21H,8-9,11-13H2,1-4H3,(H2,29,31,32)/t17-,18+,19-,21+,27-,43?/m0/s1. The topological polar surface area (TPSA) is 168 Å². The van der Waals surface area contributed by atoms with E-state index in [0.717, 1.165) is 5.56 Å². The van der Waals surface area contributed by atoms with E-state index in [9.17, 15) is 9.36 Å². The highest BCUT2D eigenvalue weighted by Crippen LogP contribution is 2.57. The van der Waals surface area contributed by atoms with Crippen molar-refractivity contribution >= 4 is 42.7 Å². The summed E-state index contributed by atoms with van der Waals surface area (Å²) in [5, 5.41) is 0.532. The van der Waals surface area contributed by atoms with E-state index < -0.39 is 44.0 Å². The number of aromatic nitrogens is 4. The van der Waals surface area contributed by atoms with Crippen LogP contribution < -0.4 is 10.5 Å². The van der Waals surface area contributed by atoms with Crippen molar-refractivity contribution in [2.45, 2.75) is 70.7 Å². The monoisotopic (exact) mass is 637 g/mol. The second-order valence-electron chi connectivity index (χ2n) is 12.1. The quantitative estimate of drug-likeness (QED) is 0.263. The minimum atomic E-state index is -3.98. The lowest BCUT2D eigenvalue weighted by Gasteiger charge is -2.30. The minimum Gasteiger partial charge on any atom is -0.475 e. The van der Waals surface area contributed by atoms with Gasteiger partial charge in [0.05, 0.1) is 38.8 Å². The summed E-state index contributed by atoms with van der Waals surface area (Å²) in [5.41, 5.74) is 6.28. The molecule has 0 radical (unpaired) electrons. The first-order chi connectivity index (χ1) is 20.3. The first-order valence-corrected chi connectivity index (χ1v) is 15.6. The van der Waals surface area contributed by atoms with Gasteiger partial charge in [0.15, 0.2) is 22.9 Å². The molecule has 0 aliphatic carbocycles. The average molecular weight is 638 g/mol. The molecule has 6 atom stereocenters. The first-order valence-electron chi connectivity index (χ1n) is 13.8. The van der Waals surface area contributed by atoms with Crippen molar-refractivity contribution in [2.75, 3.05) is 25.6 Å². The number of carbonyl (C=O) groups excluding carboxylic acids is 1. The molecule has 3 aliphatic heterocycles. The zero-order chi connectivity index (χ0) is 30.6. The Morgan fingerprint density at radius 3 is 2.86 bits per heavy atom. The number of hydrogen-bond acceptors (Lipinski definition) is 13. The maximum atomic E-state index is 13.4. The summed E-state index contributed by atoms with van der Waals surface area (Å²) in [4.78, 5) is 25.3. The molecule has 5 heterocycles. The van der Waals surface area contributed by atoms with Crippen LogP contribution in [-0.2, 0) is 38.9 Å². The highest BCUT2D eigenvalue weighted by Gasteiger charge is 2.63. The van der Waals surface area contributed by atoms with Gasteiger partial charge in [0, 0.05) is 11.4 Å². The first kappa shape index (κ1) is 30.0. The lowest BCUT2D eigenvalue weighted by atomic mass is 9.93. The van der Waals surface area contributed by atoms with E-state index >= 15 is 0 Å². The van der Waals surface area contributed by atoms with E-state index in [-0.39, 0.29) is 37.0 Å². The fraction of sp³-hybridized carbons (Fsp3) is 0.556. The summed E-state index contributed by atoms with van der Waals surface area (Å²) >= 11 is 6.12. The molecule has 3 saturated heterocycles. The van der Waals surface area contributed by atoms with Crippen molar-refractivity contribution in [2.24, 2.45) is 5.41 Å². The summed E-state index contributed by atoms with van der Waals surface area (Å²) in [6.45, 7) is 8.27. The Bertz CT molecular complexity index is 1580. The Labute approximate surface area is 252 Å². The molecule has 0 bridgehead atoms. The van der Waals surface area contributed by atoms with Crippen LogP contribution >= 0.6 is 19.4 Å². The maximum absolute atomic E-state index is 13.4. The van der Waals surface area contributed by atoms with Gasteiger partial charge in [0.2, 0.25) is 11.8 Å². The third-order valence-corrected chi connectivity index (χ3v) is 9.08. The highest BCUT2D eigenvalue weighted by molar-refractivity contribution is 7.48. The van der Waals surface area contributed by atoms with Gasteiger partial charge in [-0.2, -0.15) is 9.97 Å². The van der Waals surface area contributed by atoms with Crippen LogP contribution in [0.25, 0.3) is 11.2 Å². The molecule has 1 aromatic carbocycles. The predicted molar refractivity (Wildman–Crippen MR) is 153 cm³/mol. The number of phosphoric ester groups is 1. The van der Waals surface area contributed by atoms with Crippen LogP contribution in [0, 0.1) is 5.41 Å². The molecule has 2 N–H and O–H groups in total. The van der Waals surface area contributed by atoms with Crippen LogP contribution in [0.4, 0.5) is 10.7 Å². The zero-order valence-electron chi connectivity index (χ0n) is 24.1. The Morgan fingerprint density at radius 1 is 1.28 bits per heavy atom. The van der Waals surface area contributed by atoms with E-state index in [2.05, 4.69) is 15.0 Å². The molecule has 3 fully saturated rings. The fourth-order valence-corrected chi connectivity index (χ4v) is 6.85. The summed E-state index contributed by atoms with van der Waals surface area (Å²) < 4.78 is 55.3. The van der Waals surface area contributed by atoms with Crippen LogP contribution in [-0.4, -0.2) is 69.4 Å². The second-order valence-corrected chi connectivity index (χ2v) is 14.1. The molecule has 6 rings (SSSR count). The number of ether oxygens (including phenoxy) is 4. The number of phosphoric acid groups is 1. The third-order valence-electron chi connectivity index (χ3n) is 7.36. The molecule has 0 saturated carbocycles. The van der Waals surface area contributed by atoms with Crippen LogP contribution in [0.15, 0.2) is 30.6 Å². The zero-order valence-corrected chi connectivity index (χ0v) is 25.7. The number of halogens is 1. The molecule has 43 heavy (non-hydrogen) atoms. The Morgan fingerprint density at radius 2 is 2.09 bits per heavy atom. The molecule has 2 aromatic heterocycles.